The van der Waals surface area contributed by atoms with Gasteiger partial charge in [-0.1, -0.05) is 19.9 Å². The highest BCUT2D eigenvalue weighted by Gasteiger charge is 2.12. The fourth-order valence-corrected chi connectivity index (χ4v) is 1.39. The lowest BCUT2D eigenvalue weighted by molar-refractivity contribution is -0.385. The predicted molar refractivity (Wildman–Crippen MR) is 69.6 cm³/mol. The highest BCUT2D eigenvalue weighted by atomic mass is 16.6. The SMILES string of the molecule is Cc1ccc(NC(=O)CNC(C)C)cc1[N+](=O)[O-]. The first-order valence-electron chi connectivity index (χ1n) is 5.68. The molecule has 0 aliphatic carbocycles. The Balaban J connectivity index is 2.70. The van der Waals surface area contributed by atoms with Crippen molar-refractivity contribution in [1.82, 2.24) is 5.32 Å². The van der Waals surface area contributed by atoms with Crippen LogP contribution in [0.15, 0.2) is 18.2 Å². The van der Waals surface area contributed by atoms with Gasteiger partial charge in [0, 0.05) is 23.4 Å². The van der Waals surface area contributed by atoms with E-state index in [4.69, 9.17) is 0 Å². The minimum absolute atomic E-state index is 0.00428. The van der Waals surface area contributed by atoms with E-state index in [9.17, 15) is 14.9 Å². The van der Waals surface area contributed by atoms with Gasteiger partial charge in [0.2, 0.25) is 5.91 Å². The molecule has 1 aromatic carbocycles. The zero-order valence-electron chi connectivity index (χ0n) is 10.7. The first-order valence-corrected chi connectivity index (χ1v) is 5.68. The molecule has 0 saturated carbocycles. The fraction of sp³-hybridized carbons (Fsp3) is 0.417. The van der Waals surface area contributed by atoms with Crippen LogP contribution in [-0.2, 0) is 4.79 Å². The van der Waals surface area contributed by atoms with Gasteiger partial charge < -0.3 is 10.6 Å². The zero-order chi connectivity index (χ0) is 13.7. The zero-order valence-corrected chi connectivity index (χ0v) is 10.7. The lowest BCUT2D eigenvalue weighted by Crippen LogP contribution is -2.32. The minimum atomic E-state index is -0.461. The summed E-state index contributed by atoms with van der Waals surface area (Å²) in [6.07, 6.45) is 0. The van der Waals surface area contributed by atoms with Gasteiger partial charge in [-0.15, -0.1) is 0 Å². The van der Waals surface area contributed by atoms with E-state index in [1.54, 1.807) is 19.1 Å². The van der Waals surface area contributed by atoms with Crippen LogP contribution >= 0.6 is 0 Å². The van der Waals surface area contributed by atoms with Gasteiger partial charge in [-0.05, 0) is 13.0 Å². The van der Waals surface area contributed by atoms with Gasteiger partial charge in [-0.3, -0.25) is 14.9 Å². The molecule has 6 heteroatoms. The Bertz CT molecular complexity index is 458. The smallest absolute Gasteiger partial charge is 0.274 e. The summed E-state index contributed by atoms with van der Waals surface area (Å²) in [6, 6.07) is 4.84. The summed E-state index contributed by atoms with van der Waals surface area (Å²) in [6.45, 7) is 5.71. The van der Waals surface area contributed by atoms with Crippen LogP contribution < -0.4 is 10.6 Å². The monoisotopic (exact) mass is 251 g/mol. The summed E-state index contributed by atoms with van der Waals surface area (Å²) in [5.74, 6) is -0.221. The van der Waals surface area contributed by atoms with E-state index in [-0.39, 0.29) is 24.2 Å². The lowest BCUT2D eigenvalue weighted by atomic mass is 10.2. The molecule has 0 atom stereocenters. The Kier molecular flexibility index (Phi) is 4.79. The Hall–Kier alpha value is -1.95. The van der Waals surface area contributed by atoms with E-state index in [1.165, 1.54) is 6.07 Å². The van der Waals surface area contributed by atoms with Crippen LogP contribution in [0.25, 0.3) is 0 Å². The van der Waals surface area contributed by atoms with Crippen LogP contribution in [-0.4, -0.2) is 23.4 Å². The second-order valence-corrected chi connectivity index (χ2v) is 4.34. The molecule has 1 aromatic rings. The predicted octanol–water partition coefficient (Wildman–Crippen LogP) is 1.84. The lowest BCUT2D eigenvalue weighted by Gasteiger charge is -2.09. The number of nitrogens with one attached hydrogen (secondary N) is 2. The van der Waals surface area contributed by atoms with E-state index in [0.29, 0.717) is 11.3 Å². The minimum Gasteiger partial charge on any atom is -0.325 e. The van der Waals surface area contributed by atoms with Gasteiger partial charge in [0.15, 0.2) is 0 Å². The maximum atomic E-state index is 11.5. The molecular formula is C12H17N3O3. The molecule has 0 heterocycles. The summed E-state index contributed by atoms with van der Waals surface area (Å²) >= 11 is 0. The molecular weight excluding hydrogens is 234 g/mol. The number of aryl methyl sites for hydroxylation is 1. The highest BCUT2D eigenvalue weighted by Crippen LogP contribution is 2.22. The van der Waals surface area contributed by atoms with Crippen LogP contribution in [0.5, 0.6) is 0 Å². The van der Waals surface area contributed by atoms with Crippen molar-refractivity contribution in [2.45, 2.75) is 26.8 Å². The maximum absolute atomic E-state index is 11.5. The number of benzene rings is 1. The molecule has 1 amide bonds. The Morgan fingerprint density at radius 2 is 2.11 bits per heavy atom. The van der Waals surface area contributed by atoms with E-state index < -0.39 is 4.92 Å². The summed E-state index contributed by atoms with van der Waals surface area (Å²) in [5, 5.41) is 16.3. The van der Waals surface area contributed by atoms with Gasteiger partial charge in [0.25, 0.3) is 5.69 Å². The molecule has 0 fully saturated rings. The van der Waals surface area contributed by atoms with Crippen LogP contribution in [0.1, 0.15) is 19.4 Å². The van der Waals surface area contributed by atoms with Crippen LogP contribution in [0.4, 0.5) is 11.4 Å². The average molecular weight is 251 g/mol. The third-order valence-electron chi connectivity index (χ3n) is 2.36. The van der Waals surface area contributed by atoms with Crippen molar-refractivity contribution in [2.75, 3.05) is 11.9 Å². The molecule has 0 radical (unpaired) electrons. The molecule has 2 N–H and O–H groups in total. The molecule has 0 bridgehead atoms. The number of hydrogen-bond acceptors (Lipinski definition) is 4. The molecule has 1 rings (SSSR count). The van der Waals surface area contributed by atoms with Crippen LogP contribution in [0, 0.1) is 17.0 Å². The Morgan fingerprint density at radius 1 is 1.44 bits per heavy atom. The van der Waals surface area contributed by atoms with Gasteiger partial charge >= 0.3 is 0 Å². The first-order chi connectivity index (χ1) is 8.40. The number of carbonyl (C=O) groups is 1. The van der Waals surface area contributed by atoms with Crippen molar-refractivity contribution in [1.29, 1.82) is 0 Å². The van der Waals surface area contributed by atoms with Crippen molar-refractivity contribution in [3.63, 3.8) is 0 Å². The molecule has 0 aliphatic heterocycles. The van der Waals surface area contributed by atoms with Gasteiger partial charge in [-0.2, -0.15) is 0 Å². The topological polar surface area (TPSA) is 84.3 Å². The molecule has 0 unspecified atom stereocenters. The van der Waals surface area contributed by atoms with Crippen molar-refractivity contribution >= 4 is 17.3 Å². The summed E-state index contributed by atoms with van der Waals surface area (Å²) < 4.78 is 0. The molecule has 6 nitrogen and oxygen atoms in total. The van der Waals surface area contributed by atoms with E-state index in [1.807, 2.05) is 13.8 Å². The maximum Gasteiger partial charge on any atom is 0.274 e. The summed E-state index contributed by atoms with van der Waals surface area (Å²) in [7, 11) is 0. The quantitative estimate of drug-likeness (QED) is 0.617. The van der Waals surface area contributed by atoms with E-state index >= 15 is 0 Å². The van der Waals surface area contributed by atoms with Crippen molar-refractivity contribution < 1.29 is 9.72 Å². The number of rotatable bonds is 5. The van der Waals surface area contributed by atoms with Gasteiger partial charge in [0.1, 0.15) is 0 Å². The summed E-state index contributed by atoms with van der Waals surface area (Å²) in [4.78, 5) is 21.8. The largest absolute Gasteiger partial charge is 0.325 e. The molecule has 0 spiro atoms. The number of carbonyl (C=O) groups excluding carboxylic acids is 1. The van der Waals surface area contributed by atoms with Gasteiger partial charge in [0.05, 0.1) is 11.5 Å². The van der Waals surface area contributed by atoms with E-state index in [0.717, 1.165) is 0 Å². The number of nitrogens with zero attached hydrogens (tertiary/aromatic N) is 1. The van der Waals surface area contributed by atoms with E-state index in [2.05, 4.69) is 10.6 Å². The molecule has 0 aromatic heterocycles. The molecule has 98 valence electrons. The number of nitro benzene ring substituents is 1. The fourth-order valence-electron chi connectivity index (χ4n) is 1.39. The number of amides is 1. The van der Waals surface area contributed by atoms with Crippen molar-refractivity contribution in [3.05, 3.63) is 33.9 Å². The third kappa shape index (κ3) is 4.14. The highest BCUT2D eigenvalue weighted by molar-refractivity contribution is 5.92. The number of nitro groups is 1. The van der Waals surface area contributed by atoms with Crippen molar-refractivity contribution in [3.8, 4) is 0 Å². The summed E-state index contributed by atoms with van der Waals surface area (Å²) in [5.41, 5.74) is 1.01. The normalized spacial score (nSPS) is 10.4. The van der Waals surface area contributed by atoms with Gasteiger partial charge in [-0.25, -0.2) is 0 Å². The Morgan fingerprint density at radius 3 is 2.67 bits per heavy atom. The second kappa shape index (κ2) is 6.11. The molecule has 18 heavy (non-hydrogen) atoms. The Labute approximate surface area is 106 Å². The second-order valence-electron chi connectivity index (χ2n) is 4.34. The first kappa shape index (κ1) is 14.1. The number of hydrogen-bond donors (Lipinski definition) is 2. The number of anilines is 1. The molecule has 0 saturated heterocycles. The molecule has 0 aliphatic rings. The van der Waals surface area contributed by atoms with Crippen molar-refractivity contribution in [2.24, 2.45) is 0 Å². The standard InChI is InChI=1S/C12H17N3O3/c1-8(2)13-7-12(16)14-10-5-4-9(3)11(6-10)15(17)18/h4-6,8,13H,7H2,1-3H3,(H,14,16). The van der Waals surface area contributed by atoms with Crippen LogP contribution in [0.3, 0.4) is 0 Å². The third-order valence-corrected chi connectivity index (χ3v) is 2.36. The van der Waals surface area contributed by atoms with Crippen LogP contribution in [0.2, 0.25) is 0 Å². The average Bonchev–Trinajstić information content (AvgIpc) is 2.28.